The van der Waals surface area contributed by atoms with E-state index in [1.807, 2.05) is 0 Å². The fraction of sp³-hybridized carbons (Fsp3) is 0.417. The Balaban J connectivity index is 2.78. The van der Waals surface area contributed by atoms with Gasteiger partial charge in [-0.3, -0.25) is 14.3 Å². The van der Waals surface area contributed by atoms with E-state index in [4.69, 9.17) is 4.74 Å². The zero-order chi connectivity index (χ0) is 14.2. The average Bonchev–Trinajstić information content (AvgIpc) is 2.67. The summed E-state index contributed by atoms with van der Waals surface area (Å²) in [6.45, 7) is 5.67. The standard InChI is InChI=1S/C12H14N2O4S/c1-4-14-10(15)7-6(3)8(11(16)18-5-2)19-9(7)13-12(14)17/h4-5H2,1-3H3,(H,13,17). The van der Waals surface area contributed by atoms with Gasteiger partial charge < -0.3 is 4.74 Å². The molecule has 0 amide bonds. The highest BCUT2D eigenvalue weighted by atomic mass is 32.1. The number of hydrogen-bond donors (Lipinski definition) is 1. The lowest BCUT2D eigenvalue weighted by Gasteiger charge is -2.00. The van der Waals surface area contributed by atoms with Gasteiger partial charge in [0.15, 0.2) is 0 Å². The topological polar surface area (TPSA) is 81.2 Å². The van der Waals surface area contributed by atoms with Crippen LogP contribution in [0.25, 0.3) is 10.2 Å². The highest BCUT2D eigenvalue weighted by Gasteiger charge is 2.20. The number of carbonyl (C=O) groups is 1. The lowest BCUT2D eigenvalue weighted by atomic mass is 10.2. The zero-order valence-electron chi connectivity index (χ0n) is 10.9. The molecule has 0 fully saturated rings. The van der Waals surface area contributed by atoms with Crippen LogP contribution < -0.4 is 11.2 Å². The Hall–Kier alpha value is -1.89. The molecule has 0 aliphatic rings. The Morgan fingerprint density at radius 1 is 1.37 bits per heavy atom. The molecule has 0 atom stereocenters. The highest BCUT2D eigenvalue weighted by molar-refractivity contribution is 7.20. The van der Waals surface area contributed by atoms with Crippen LogP contribution in [0.5, 0.6) is 0 Å². The van der Waals surface area contributed by atoms with Gasteiger partial charge in [0.2, 0.25) is 0 Å². The predicted molar refractivity (Wildman–Crippen MR) is 73.1 cm³/mol. The van der Waals surface area contributed by atoms with Crippen LogP contribution in [0, 0.1) is 6.92 Å². The van der Waals surface area contributed by atoms with E-state index in [-0.39, 0.29) is 18.7 Å². The Morgan fingerprint density at radius 3 is 2.63 bits per heavy atom. The number of hydrogen-bond acceptors (Lipinski definition) is 5. The first-order valence-electron chi connectivity index (χ1n) is 5.94. The first-order chi connectivity index (χ1) is 9.01. The van der Waals surface area contributed by atoms with Gasteiger partial charge in [-0.2, -0.15) is 0 Å². The summed E-state index contributed by atoms with van der Waals surface area (Å²) in [5.41, 5.74) is -0.274. The van der Waals surface area contributed by atoms with Crippen molar-refractivity contribution in [3.63, 3.8) is 0 Å². The van der Waals surface area contributed by atoms with Gasteiger partial charge in [-0.05, 0) is 26.3 Å². The number of rotatable bonds is 3. The van der Waals surface area contributed by atoms with Crippen molar-refractivity contribution in [2.75, 3.05) is 6.61 Å². The molecular formula is C12H14N2O4S. The van der Waals surface area contributed by atoms with E-state index < -0.39 is 11.7 Å². The molecule has 102 valence electrons. The number of H-pyrrole nitrogens is 1. The maximum atomic E-state index is 12.2. The molecule has 2 aromatic rings. The van der Waals surface area contributed by atoms with Gasteiger partial charge in [0.25, 0.3) is 5.56 Å². The summed E-state index contributed by atoms with van der Waals surface area (Å²) < 4.78 is 6.04. The summed E-state index contributed by atoms with van der Waals surface area (Å²) in [5, 5.41) is 0.384. The Bertz CT molecular complexity index is 753. The fourth-order valence-corrected chi connectivity index (χ4v) is 3.01. The molecule has 7 heteroatoms. The predicted octanol–water partition coefficient (Wildman–Crippen LogP) is 1.26. The third-order valence-electron chi connectivity index (χ3n) is 2.85. The van der Waals surface area contributed by atoms with Gasteiger partial charge in [-0.1, -0.05) is 0 Å². The van der Waals surface area contributed by atoms with Crippen LogP contribution >= 0.6 is 11.3 Å². The van der Waals surface area contributed by atoms with Crippen molar-refractivity contribution in [1.29, 1.82) is 0 Å². The average molecular weight is 282 g/mol. The van der Waals surface area contributed by atoms with Crippen molar-refractivity contribution in [3.8, 4) is 0 Å². The number of nitrogens with zero attached hydrogens (tertiary/aromatic N) is 1. The number of aromatic amines is 1. The fourth-order valence-electron chi connectivity index (χ4n) is 1.93. The highest BCUT2D eigenvalue weighted by Crippen LogP contribution is 2.26. The molecule has 0 aliphatic carbocycles. The molecule has 19 heavy (non-hydrogen) atoms. The normalized spacial score (nSPS) is 10.9. The van der Waals surface area contributed by atoms with E-state index >= 15 is 0 Å². The number of esters is 1. The van der Waals surface area contributed by atoms with Crippen LogP contribution in [0.4, 0.5) is 0 Å². The van der Waals surface area contributed by atoms with E-state index in [1.165, 1.54) is 0 Å². The first-order valence-corrected chi connectivity index (χ1v) is 6.76. The number of aryl methyl sites for hydroxylation is 1. The quantitative estimate of drug-likeness (QED) is 0.859. The molecule has 0 radical (unpaired) electrons. The van der Waals surface area contributed by atoms with Gasteiger partial charge in [-0.25, -0.2) is 9.59 Å². The molecule has 0 bridgehead atoms. The van der Waals surface area contributed by atoms with E-state index in [2.05, 4.69) is 4.98 Å². The second-order valence-electron chi connectivity index (χ2n) is 3.96. The van der Waals surface area contributed by atoms with E-state index in [1.54, 1.807) is 20.8 Å². The number of thiophene rings is 1. The van der Waals surface area contributed by atoms with Gasteiger partial charge in [0.1, 0.15) is 9.71 Å². The Morgan fingerprint density at radius 2 is 2.05 bits per heavy atom. The second kappa shape index (κ2) is 5.00. The van der Waals surface area contributed by atoms with Crippen LogP contribution in [0.15, 0.2) is 9.59 Å². The number of ether oxygens (including phenoxy) is 1. The third-order valence-corrected chi connectivity index (χ3v) is 4.04. The molecule has 0 saturated heterocycles. The minimum atomic E-state index is -0.468. The number of aromatic nitrogens is 2. The Kier molecular flexibility index (Phi) is 3.57. The van der Waals surface area contributed by atoms with Gasteiger partial charge in [-0.15, -0.1) is 11.3 Å². The molecule has 6 nitrogen and oxygen atoms in total. The van der Waals surface area contributed by atoms with E-state index in [9.17, 15) is 14.4 Å². The smallest absolute Gasteiger partial charge is 0.348 e. The lowest BCUT2D eigenvalue weighted by Crippen LogP contribution is -2.34. The van der Waals surface area contributed by atoms with Crippen LogP contribution in [0.2, 0.25) is 0 Å². The van der Waals surface area contributed by atoms with Gasteiger partial charge in [0, 0.05) is 6.54 Å². The molecule has 0 spiro atoms. The van der Waals surface area contributed by atoms with Crippen LogP contribution in [0.1, 0.15) is 29.1 Å². The minimum Gasteiger partial charge on any atom is -0.462 e. The third kappa shape index (κ3) is 2.10. The molecule has 0 unspecified atom stereocenters. The number of nitrogens with one attached hydrogen (secondary N) is 1. The van der Waals surface area contributed by atoms with Crippen LogP contribution in [-0.2, 0) is 11.3 Å². The summed E-state index contributed by atoms with van der Waals surface area (Å²) in [7, 11) is 0. The summed E-state index contributed by atoms with van der Waals surface area (Å²) in [5.74, 6) is -0.468. The molecule has 1 N–H and O–H groups in total. The SMILES string of the molecule is CCOC(=O)c1sc2[nH]c(=O)n(CC)c(=O)c2c1C. The summed E-state index contributed by atoms with van der Waals surface area (Å²) in [6.07, 6.45) is 0. The Labute approximate surface area is 112 Å². The molecule has 0 aromatic carbocycles. The molecule has 0 aliphatic heterocycles. The van der Waals surface area contributed by atoms with Crippen molar-refractivity contribution < 1.29 is 9.53 Å². The minimum absolute atomic E-state index is 0.266. The largest absolute Gasteiger partial charge is 0.462 e. The van der Waals surface area contributed by atoms with Crippen molar-refractivity contribution in [1.82, 2.24) is 9.55 Å². The second-order valence-corrected chi connectivity index (χ2v) is 4.98. The molecule has 2 heterocycles. The van der Waals surface area contributed by atoms with Crippen molar-refractivity contribution in [3.05, 3.63) is 31.3 Å². The molecule has 2 rings (SSSR count). The van der Waals surface area contributed by atoms with Crippen LogP contribution in [0.3, 0.4) is 0 Å². The van der Waals surface area contributed by atoms with Crippen LogP contribution in [-0.4, -0.2) is 22.1 Å². The van der Waals surface area contributed by atoms with Gasteiger partial charge in [0.05, 0.1) is 12.0 Å². The van der Waals surface area contributed by atoms with Crippen molar-refractivity contribution >= 4 is 27.5 Å². The summed E-state index contributed by atoms with van der Waals surface area (Å²) in [6, 6.07) is 0. The summed E-state index contributed by atoms with van der Waals surface area (Å²) >= 11 is 1.08. The van der Waals surface area contributed by atoms with Crippen molar-refractivity contribution in [2.45, 2.75) is 27.3 Å². The molecular weight excluding hydrogens is 268 g/mol. The maximum absolute atomic E-state index is 12.2. The van der Waals surface area contributed by atoms with Crippen molar-refractivity contribution in [2.24, 2.45) is 0 Å². The summed E-state index contributed by atoms with van der Waals surface area (Å²) in [4.78, 5) is 39.1. The lowest BCUT2D eigenvalue weighted by molar-refractivity contribution is 0.0531. The van der Waals surface area contributed by atoms with E-state index in [0.29, 0.717) is 20.7 Å². The number of carbonyl (C=O) groups excluding carboxylic acids is 1. The maximum Gasteiger partial charge on any atom is 0.348 e. The monoisotopic (exact) mass is 282 g/mol. The molecule has 2 aromatic heterocycles. The van der Waals surface area contributed by atoms with E-state index in [0.717, 1.165) is 15.9 Å². The first kappa shape index (κ1) is 13.5. The zero-order valence-corrected chi connectivity index (χ0v) is 11.7. The molecule has 0 saturated carbocycles. The van der Waals surface area contributed by atoms with Gasteiger partial charge >= 0.3 is 11.7 Å². The number of fused-ring (bicyclic) bond motifs is 1.